The van der Waals surface area contributed by atoms with Crippen molar-refractivity contribution in [2.45, 2.75) is 6.42 Å². The number of phenolic OH excluding ortho intramolecular Hbond substituents is 1. The lowest BCUT2D eigenvalue weighted by atomic mass is 10.1. The molecule has 6 heteroatoms. The standard InChI is InChI=1S/C13H11Br2NO2S/c14-10-7-11(19-12(10)15)13(18)16-6-5-8-1-3-9(17)4-2-8/h1-4,7,17H,5-6H2,(H,16,18). The van der Waals surface area contributed by atoms with E-state index in [2.05, 4.69) is 37.2 Å². The molecule has 2 N–H and O–H groups in total. The van der Waals surface area contributed by atoms with Crippen LogP contribution >= 0.6 is 43.2 Å². The summed E-state index contributed by atoms with van der Waals surface area (Å²) in [7, 11) is 0. The minimum atomic E-state index is -0.0739. The second-order valence-corrected chi connectivity index (χ2v) is 7.13. The van der Waals surface area contributed by atoms with Gasteiger partial charge in [-0.1, -0.05) is 12.1 Å². The van der Waals surface area contributed by atoms with Crippen LogP contribution < -0.4 is 5.32 Å². The molecule has 0 fully saturated rings. The highest BCUT2D eigenvalue weighted by molar-refractivity contribution is 9.13. The Morgan fingerprint density at radius 1 is 1.26 bits per heavy atom. The Labute approximate surface area is 131 Å². The molecule has 100 valence electrons. The predicted octanol–water partition coefficient (Wildman–Crippen LogP) is 3.95. The van der Waals surface area contributed by atoms with Crippen molar-refractivity contribution in [2.24, 2.45) is 0 Å². The van der Waals surface area contributed by atoms with Crippen LogP contribution in [-0.4, -0.2) is 17.6 Å². The minimum Gasteiger partial charge on any atom is -0.508 e. The lowest BCUT2D eigenvalue weighted by Crippen LogP contribution is -2.24. The number of nitrogens with one attached hydrogen (secondary N) is 1. The minimum absolute atomic E-state index is 0.0739. The zero-order valence-corrected chi connectivity index (χ0v) is 13.8. The number of thiophene rings is 1. The first-order chi connectivity index (χ1) is 9.06. The van der Waals surface area contributed by atoms with E-state index >= 15 is 0 Å². The number of aromatic hydroxyl groups is 1. The van der Waals surface area contributed by atoms with Crippen LogP contribution in [0.1, 0.15) is 15.2 Å². The number of hydrogen-bond donors (Lipinski definition) is 2. The van der Waals surface area contributed by atoms with Gasteiger partial charge >= 0.3 is 0 Å². The molecule has 0 aliphatic rings. The van der Waals surface area contributed by atoms with Gasteiger partial charge in [-0.3, -0.25) is 4.79 Å². The summed E-state index contributed by atoms with van der Waals surface area (Å²) in [4.78, 5) is 12.5. The zero-order chi connectivity index (χ0) is 13.8. The molecular weight excluding hydrogens is 394 g/mol. The van der Waals surface area contributed by atoms with Crippen molar-refractivity contribution in [3.05, 3.63) is 49.0 Å². The molecule has 2 rings (SSSR count). The molecule has 1 amide bonds. The summed E-state index contributed by atoms with van der Waals surface area (Å²) in [6.07, 6.45) is 0.736. The van der Waals surface area contributed by atoms with Crippen LogP contribution in [0.4, 0.5) is 0 Å². The number of benzene rings is 1. The first-order valence-corrected chi connectivity index (χ1v) is 7.97. The number of halogens is 2. The second kappa shape index (κ2) is 6.54. The van der Waals surface area contributed by atoms with Gasteiger partial charge < -0.3 is 10.4 Å². The second-order valence-electron chi connectivity index (χ2n) is 3.90. The molecule has 0 aliphatic heterocycles. The van der Waals surface area contributed by atoms with Gasteiger partial charge in [0.05, 0.1) is 8.66 Å². The van der Waals surface area contributed by atoms with Crippen LogP contribution in [0.25, 0.3) is 0 Å². The number of rotatable bonds is 4. The molecule has 2 aromatic rings. The van der Waals surface area contributed by atoms with Crippen molar-refractivity contribution in [3.63, 3.8) is 0 Å². The third-order valence-electron chi connectivity index (χ3n) is 2.50. The van der Waals surface area contributed by atoms with Crippen LogP contribution in [-0.2, 0) is 6.42 Å². The smallest absolute Gasteiger partial charge is 0.261 e. The van der Waals surface area contributed by atoms with Gasteiger partial charge in [0.15, 0.2) is 0 Å². The third-order valence-corrected chi connectivity index (χ3v) is 5.76. The topological polar surface area (TPSA) is 49.3 Å². The van der Waals surface area contributed by atoms with Gasteiger partial charge in [-0.25, -0.2) is 0 Å². The maximum atomic E-state index is 11.9. The fourth-order valence-corrected chi connectivity index (χ4v) is 3.48. The largest absolute Gasteiger partial charge is 0.508 e. The van der Waals surface area contributed by atoms with Crippen LogP contribution in [0, 0.1) is 0 Å². The summed E-state index contributed by atoms with van der Waals surface area (Å²) in [5.41, 5.74) is 1.08. The number of phenols is 1. The Balaban J connectivity index is 1.85. The SMILES string of the molecule is O=C(NCCc1ccc(O)cc1)c1cc(Br)c(Br)s1. The van der Waals surface area contributed by atoms with E-state index in [9.17, 15) is 9.90 Å². The fraction of sp³-hybridized carbons (Fsp3) is 0.154. The molecule has 1 heterocycles. The molecule has 3 nitrogen and oxygen atoms in total. The Hall–Kier alpha value is -0.850. The number of carbonyl (C=O) groups is 1. The normalized spacial score (nSPS) is 10.4. The molecule has 19 heavy (non-hydrogen) atoms. The van der Waals surface area contributed by atoms with Crippen molar-refractivity contribution < 1.29 is 9.90 Å². The van der Waals surface area contributed by atoms with E-state index in [0.717, 1.165) is 20.2 Å². The van der Waals surface area contributed by atoms with E-state index in [-0.39, 0.29) is 11.7 Å². The number of hydrogen-bond acceptors (Lipinski definition) is 3. The Bertz CT molecular complexity index is 561. The summed E-state index contributed by atoms with van der Waals surface area (Å²) < 4.78 is 1.80. The van der Waals surface area contributed by atoms with Crippen LogP contribution in [0.3, 0.4) is 0 Å². The highest BCUT2D eigenvalue weighted by Gasteiger charge is 2.11. The maximum Gasteiger partial charge on any atom is 0.261 e. The quantitative estimate of drug-likeness (QED) is 0.810. The molecule has 0 aliphatic carbocycles. The van der Waals surface area contributed by atoms with E-state index in [4.69, 9.17) is 0 Å². The predicted molar refractivity (Wildman–Crippen MR) is 83.9 cm³/mol. The van der Waals surface area contributed by atoms with Crippen molar-refractivity contribution in [3.8, 4) is 5.75 Å². The van der Waals surface area contributed by atoms with Crippen molar-refractivity contribution in [1.82, 2.24) is 5.32 Å². The highest BCUT2D eigenvalue weighted by Crippen LogP contribution is 2.32. The van der Waals surface area contributed by atoms with Crippen molar-refractivity contribution >= 4 is 49.1 Å². The molecule has 0 atom stereocenters. The van der Waals surface area contributed by atoms with Gasteiger partial charge in [-0.15, -0.1) is 11.3 Å². The average Bonchev–Trinajstić information content (AvgIpc) is 2.72. The van der Waals surface area contributed by atoms with E-state index in [1.165, 1.54) is 11.3 Å². The number of carbonyl (C=O) groups excluding carboxylic acids is 1. The molecule has 0 unspecified atom stereocenters. The van der Waals surface area contributed by atoms with E-state index in [1.807, 2.05) is 12.1 Å². The van der Waals surface area contributed by atoms with Crippen LogP contribution in [0.5, 0.6) is 5.75 Å². The van der Waals surface area contributed by atoms with Crippen LogP contribution in [0.15, 0.2) is 38.6 Å². The van der Waals surface area contributed by atoms with E-state index in [0.29, 0.717) is 11.4 Å². The molecule has 0 radical (unpaired) electrons. The fourth-order valence-electron chi connectivity index (χ4n) is 1.53. The van der Waals surface area contributed by atoms with Crippen molar-refractivity contribution in [2.75, 3.05) is 6.54 Å². The lowest BCUT2D eigenvalue weighted by molar-refractivity contribution is 0.0958. The Morgan fingerprint density at radius 2 is 1.95 bits per heavy atom. The van der Waals surface area contributed by atoms with Gasteiger partial charge in [-0.2, -0.15) is 0 Å². The monoisotopic (exact) mass is 403 g/mol. The summed E-state index contributed by atoms with van der Waals surface area (Å²) in [5, 5.41) is 12.0. The molecular formula is C13H11Br2NO2S. The summed E-state index contributed by atoms with van der Waals surface area (Å²) in [5.74, 6) is 0.177. The lowest BCUT2D eigenvalue weighted by Gasteiger charge is -2.04. The highest BCUT2D eigenvalue weighted by atomic mass is 79.9. The Morgan fingerprint density at radius 3 is 2.53 bits per heavy atom. The first-order valence-electron chi connectivity index (χ1n) is 5.57. The van der Waals surface area contributed by atoms with Crippen molar-refractivity contribution in [1.29, 1.82) is 0 Å². The van der Waals surface area contributed by atoms with E-state index in [1.54, 1.807) is 18.2 Å². The van der Waals surface area contributed by atoms with E-state index < -0.39 is 0 Å². The van der Waals surface area contributed by atoms with Gasteiger partial charge in [0, 0.05) is 11.0 Å². The zero-order valence-electron chi connectivity index (χ0n) is 9.82. The molecule has 1 aromatic carbocycles. The van der Waals surface area contributed by atoms with Gasteiger partial charge in [0.2, 0.25) is 0 Å². The molecule has 0 spiro atoms. The van der Waals surface area contributed by atoms with Gasteiger partial charge in [0.25, 0.3) is 5.91 Å². The third kappa shape index (κ3) is 4.06. The summed E-state index contributed by atoms with van der Waals surface area (Å²) >= 11 is 8.12. The van der Waals surface area contributed by atoms with Gasteiger partial charge in [0.1, 0.15) is 5.75 Å². The van der Waals surface area contributed by atoms with Crippen LogP contribution in [0.2, 0.25) is 0 Å². The summed E-state index contributed by atoms with van der Waals surface area (Å²) in [6, 6.07) is 8.78. The average molecular weight is 405 g/mol. The maximum absolute atomic E-state index is 11.9. The molecule has 0 saturated heterocycles. The molecule has 1 aromatic heterocycles. The molecule has 0 saturated carbocycles. The number of amides is 1. The Kier molecular flexibility index (Phi) is 5.01. The van der Waals surface area contributed by atoms with Gasteiger partial charge in [-0.05, 0) is 62.0 Å². The molecule has 0 bridgehead atoms. The first kappa shape index (κ1) is 14.6. The summed E-state index contributed by atoms with van der Waals surface area (Å²) in [6.45, 7) is 0.566.